The molecule has 0 bridgehead atoms. The number of halogens is 1. The van der Waals surface area contributed by atoms with Gasteiger partial charge in [-0.2, -0.15) is 0 Å². The second kappa shape index (κ2) is 8.55. The maximum absolute atomic E-state index is 14.6. The van der Waals surface area contributed by atoms with Gasteiger partial charge in [-0.05, 0) is 53.8 Å². The largest absolute Gasteiger partial charge is 0.497 e. The first-order valence-electron chi connectivity index (χ1n) is 9.94. The average molecular weight is 419 g/mol. The third-order valence-corrected chi connectivity index (χ3v) is 5.64. The Bertz CT molecular complexity index is 1130. The first-order valence-corrected chi connectivity index (χ1v) is 9.94. The lowest BCUT2D eigenvalue weighted by molar-refractivity contribution is 0.0655. The summed E-state index contributed by atoms with van der Waals surface area (Å²) in [6, 6.07) is 13.0. The molecule has 4 rings (SSSR count). The molecule has 1 heterocycles. The number of ether oxygens (including phenoxy) is 1. The Balaban J connectivity index is 1.79. The van der Waals surface area contributed by atoms with Gasteiger partial charge in [0.2, 0.25) is 5.91 Å². The summed E-state index contributed by atoms with van der Waals surface area (Å²) in [5.74, 6) is -0.769. The molecule has 2 amide bonds. The van der Waals surface area contributed by atoms with Crippen molar-refractivity contribution in [2.75, 3.05) is 7.11 Å². The Kier molecular flexibility index (Phi) is 5.66. The van der Waals surface area contributed by atoms with E-state index in [-0.39, 0.29) is 24.3 Å². The molecule has 1 atom stereocenters. The molecule has 158 valence electrons. The first kappa shape index (κ1) is 20.5. The van der Waals surface area contributed by atoms with Crippen LogP contribution in [0.1, 0.15) is 49.9 Å². The number of benzene rings is 2. The highest BCUT2D eigenvalue weighted by molar-refractivity contribution is 5.96. The van der Waals surface area contributed by atoms with Gasteiger partial charge in [-0.15, -0.1) is 0 Å². The van der Waals surface area contributed by atoms with Crippen molar-refractivity contribution in [2.45, 2.75) is 25.4 Å². The summed E-state index contributed by atoms with van der Waals surface area (Å²) in [4.78, 5) is 31.2. The van der Waals surface area contributed by atoms with Gasteiger partial charge >= 0.3 is 0 Å². The maximum atomic E-state index is 14.6. The second-order valence-corrected chi connectivity index (χ2v) is 7.43. The molecular formula is C24H22FN3O3. The van der Waals surface area contributed by atoms with Gasteiger partial charge in [0.15, 0.2) is 0 Å². The van der Waals surface area contributed by atoms with Gasteiger partial charge in [-0.1, -0.05) is 18.2 Å². The molecule has 1 aromatic heterocycles. The van der Waals surface area contributed by atoms with E-state index in [9.17, 15) is 14.0 Å². The molecule has 1 aliphatic carbocycles. The number of carbonyl (C=O) groups excluding carboxylic acids is 2. The van der Waals surface area contributed by atoms with Crippen molar-refractivity contribution in [2.24, 2.45) is 5.73 Å². The summed E-state index contributed by atoms with van der Waals surface area (Å²) in [6.45, 7) is 0.149. The van der Waals surface area contributed by atoms with Crippen molar-refractivity contribution in [3.05, 3.63) is 94.6 Å². The number of carbonyl (C=O) groups is 2. The summed E-state index contributed by atoms with van der Waals surface area (Å²) in [6.07, 6.45) is 4.15. The molecule has 0 radical (unpaired) electrons. The van der Waals surface area contributed by atoms with E-state index in [2.05, 4.69) is 4.98 Å². The monoisotopic (exact) mass is 419 g/mol. The van der Waals surface area contributed by atoms with Crippen LogP contribution in [0.25, 0.3) is 0 Å². The normalized spacial score (nSPS) is 14.7. The summed E-state index contributed by atoms with van der Waals surface area (Å²) in [7, 11) is 1.48. The van der Waals surface area contributed by atoms with Crippen LogP contribution < -0.4 is 10.5 Å². The molecule has 7 heteroatoms. The zero-order chi connectivity index (χ0) is 22.0. The van der Waals surface area contributed by atoms with Crippen molar-refractivity contribution in [3.8, 4) is 5.75 Å². The van der Waals surface area contributed by atoms with E-state index in [0.29, 0.717) is 46.4 Å². The van der Waals surface area contributed by atoms with Gasteiger partial charge in [0, 0.05) is 30.6 Å². The van der Waals surface area contributed by atoms with E-state index in [1.54, 1.807) is 53.6 Å². The third kappa shape index (κ3) is 3.99. The Hall–Kier alpha value is -3.74. The number of pyridine rings is 1. The number of methoxy groups -OCH3 is 1. The van der Waals surface area contributed by atoms with E-state index < -0.39 is 5.91 Å². The highest BCUT2D eigenvalue weighted by atomic mass is 19.1. The van der Waals surface area contributed by atoms with Crippen LogP contribution in [0.4, 0.5) is 4.39 Å². The number of rotatable bonds is 6. The van der Waals surface area contributed by atoms with Gasteiger partial charge in [-0.3, -0.25) is 14.6 Å². The molecule has 0 spiro atoms. The van der Waals surface area contributed by atoms with E-state index >= 15 is 0 Å². The summed E-state index contributed by atoms with van der Waals surface area (Å²) >= 11 is 0. The molecule has 0 saturated carbocycles. The van der Waals surface area contributed by atoms with Crippen LogP contribution in [-0.4, -0.2) is 28.8 Å². The van der Waals surface area contributed by atoms with E-state index in [1.165, 1.54) is 19.4 Å². The fraction of sp³-hybridized carbons (Fsp3) is 0.208. The van der Waals surface area contributed by atoms with Crippen LogP contribution in [0, 0.1) is 5.82 Å². The molecule has 2 aromatic carbocycles. The van der Waals surface area contributed by atoms with Crippen LogP contribution in [0.15, 0.2) is 60.9 Å². The van der Waals surface area contributed by atoms with E-state index in [4.69, 9.17) is 10.5 Å². The quantitative estimate of drug-likeness (QED) is 0.661. The lowest BCUT2D eigenvalue weighted by Crippen LogP contribution is -2.34. The predicted octanol–water partition coefficient (Wildman–Crippen LogP) is 3.66. The molecule has 0 unspecified atom stereocenters. The number of primary amides is 1. The minimum absolute atomic E-state index is 0.149. The van der Waals surface area contributed by atoms with Crippen LogP contribution in [0.3, 0.4) is 0 Å². The van der Waals surface area contributed by atoms with Crippen LogP contribution in [0.5, 0.6) is 5.75 Å². The second-order valence-electron chi connectivity index (χ2n) is 7.43. The molecule has 3 aromatic rings. The van der Waals surface area contributed by atoms with Crippen molar-refractivity contribution < 1.29 is 18.7 Å². The highest BCUT2D eigenvalue weighted by Crippen LogP contribution is 2.40. The molecular weight excluding hydrogens is 397 g/mol. The zero-order valence-corrected chi connectivity index (χ0v) is 17.0. The molecule has 0 saturated heterocycles. The molecule has 0 fully saturated rings. The smallest absolute Gasteiger partial charge is 0.256 e. The molecule has 31 heavy (non-hydrogen) atoms. The third-order valence-electron chi connectivity index (χ3n) is 5.64. The topological polar surface area (TPSA) is 85.5 Å². The fourth-order valence-corrected chi connectivity index (χ4v) is 4.13. The minimum atomic E-state index is -0.566. The summed E-state index contributed by atoms with van der Waals surface area (Å²) < 4.78 is 19.9. The number of aromatic nitrogens is 1. The van der Waals surface area contributed by atoms with Gasteiger partial charge in [-0.25, -0.2) is 4.39 Å². The van der Waals surface area contributed by atoms with Crippen molar-refractivity contribution in [1.29, 1.82) is 0 Å². The van der Waals surface area contributed by atoms with Crippen LogP contribution >= 0.6 is 0 Å². The number of fused-ring (bicyclic) bond motifs is 1. The van der Waals surface area contributed by atoms with Crippen molar-refractivity contribution >= 4 is 11.8 Å². The van der Waals surface area contributed by atoms with Gasteiger partial charge in [0.05, 0.1) is 18.7 Å². The summed E-state index contributed by atoms with van der Waals surface area (Å²) in [5, 5.41) is 0. The van der Waals surface area contributed by atoms with Crippen LogP contribution in [0.2, 0.25) is 0 Å². The molecule has 6 nitrogen and oxygen atoms in total. The maximum Gasteiger partial charge on any atom is 0.256 e. The number of nitrogens with zero attached hydrogens (tertiary/aromatic N) is 2. The lowest BCUT2D eigenvalue weighted by atomic mass is 10.0. The Morgan fingerprint density at radius 2 is 2.03 bits per heavy atom. The Morgan fingerprint density at radius 1 is 1.23 bits per heavy atom. The van der Waals surface area contributed by atoms with E-state index in [1.807, 2.05) is 0 Å². The molecule has 1 aliphatic rings. The van der Waals surface area contributed by atoms with Gasteiger partial charge < -0.3 is 15.4 Å². The Morgan fingerprint density at radius 3 is 2.74 bits per heavy atom. The van der Waals surface area contributed by atoms with Crippen molar-refractivity contribution in [1.82, 2.24) is 9.88 Å². The van der Waals surface area contributed by atoms with E-state index in [0.717, 1.165) is 0 Å². The number of hydrogen-bond donors (Lipinski definition) is 1. The lowest BCUT2D eigenvalue weighted by Gasteiger charge is -2.31. The highest BCUT2D eigenvalue weighted by Gasteiger charge is 2.34. The SMILES string of the molecule is COc1cc(F)c2c(c1)[C@H](N(Cc1ccccc1C(N)=O)C(=O)c1cccnc1)CC2. The van der Waals surface area contributed by atoms with Gasteiger partial charge in [0.1, 0.15) is 11.6 Å². The standard InChI is InChI=1S/C24H22FN3O3/c1-31-17-11-20-19(21(25)12-17)8-9-22(20)28(24(30)15-6-4-10-27-13-15)14-16-5-2-3-7-18(16)23(26)29/h2-7,10-13,22H,8-9,14H2,1H3,(H2,26,29)/t22-/m1/s1. The van der Waals surface area contributed by atoms with Crippen molar-refractivity contribution in [3.63, 3.8) is 0 Å². The average Bonchev–Trinajstić information content (AvgIpc) is 3.22. The predicted molar refractivity (Wildman–Crippen MR) is 113 cm³/mol. The minimum Gasteiger partial charge on any atom is -0.497 e. The number of nitrogens with two attached hydrogens (primary N) is 1. The molecule has 0 aliphatic heterocycles. The molecule has 2 N–H and O–H groups in total. The zero-order valence-electron chi connectivity index (χ0n) is 17.0. The van der Waals surface area contributed by atoms with Gasteiger partial charge in [0.25, 0.3) is 5.91 Å². The number of amides is 2. The Labute approximate surface area is 179 Å². The first-order chi connectivity index (χ1) is 15.0. The fourth-order valence-electron chi connectivity index (χ4n) is 4.13. The van der Waals surface area contributed by atoms with Crippen LogP contribution in [-0.2, 0) is 13.0 Å². The summed E-state index contributed by atoms with van der Waals surface area (Å²) in [5.41, 5.74) is 8.23. The number of hydrogen-bond acceptors (Lipinski definition) is 4.